The van der Waals surface area contributed by atoms with Gasteiger partial charge < -0.3 is 16.0 Å². The van der Waals surface area contributed by atoms with Gasteiger partial charge in [0.15, 0.2) is 5.96 Å². The maximum absolute atomic E-state index is 11.8. The molecular weight excluding hydrogens is 463 g/mol. The topological polar surface area (TPSA) is 65.5 Å². The van der Waals surface area contributed by atoms with Crippen LogP contribution >= 0.6 is 24.0 Å². The average Bonchev–Trinajstić information content (AvgIpc) is 3.47. The summed E-state index contributed by atoms with van der Waals surface area (Å²) in [5, 5.41) is 9.53. The fourth-order valence-electron chi connectivity index (χ4n) is 3.23. The molecule has 2 aromatic rings. The van der Waals surface area contributed by atoms with E-state index < -0.39 is 0 Å². The number of benzene rings is 2. The molecule has 2 aromatic carbocycles. The molecule has 6 heteroatoms. The first-order chi connectivity index (χ1) is 13.2. The smallest absolute Gasteiger partial charge is 0.251 e. The number of amides is 1. The summed E-state index contributed by atoms with van der Waals surface area (Å²) in [5.74, 6) is 1.37. The van der Waals surface area contributed by atoms with Gasteiger partial charge in [-0.1, -0.05) is 42.5 Å². The molecule has 3 N–H and O–H groups in total. The van der Waals surface area contributed by atoms with Crippen molar-refractivity contribution < 1.29 is 4.79 Å². The normalized spacial score (nSPS) is 18.0. The molecule has 1 aliphatic carbocycles. The van der Waals surface area contributed by atoms with E-state index >= 15 is 0 Å². The maximum atomic E-state index is 11.8. The van der Waals surface area contributed by atoms with E-state index in [-0.39, 0.29) is 29.9 Å². The molecule has 28 heavy (non-hydrogen) atoms. The lowest BCUT2D eigenvalue weighted by Crippen LogP contribution is -2.39. The van der Waals surface area contributed by atoms with Gasteiger partial charge in [-0.05, 0) is 43.0 Å². The van der Waals surface area contributed by atoms with E-state index in [1.165, 1.54) is 5.56 Å². The van der Waals surface area contributed by atoms with Gasteiger partial charge >= 0.3 is 0 Å². The lowest BCUT2D eigenvalue weighted by Gasteiger charge is -2.11. The Labute approximate surface area is 184 Å². The van der Waals surface area contributed by atoms with Crippen molar-refractivity contribution in [1.82, 2.24) is 16.0 Å². The summed E-state index contributed by atoms with van der Waals surface area (Å²) in [6.07, 6.45) is 1.94. The van der Waals surface area contributed by atoms with E-state index in [4.69, 9.17) is 4.99 Å². The summed E-state index contributed by atoms with van der Waals surface area (Å²) in [5.41, 5.74) is 3.19. The van der Waals surface area contributed by atoms with Crippen LogP contribution in [0.5, 0.6) is 0 Å². The van der Waals surface area contributed by atoms with Gasteiger partial charge in [0.25, 0.3) is 5.91 Å². The zero-order valence-corrected chi connectivity index (χ0v) is 18.8. The molecule has 0 spiro atoms. The third kappa shape index (κ3) is 6.22. The van der Waals surface area contributed by atoms with Crippen LogP contribution in [-0.4, -0.2) is 38.0 Å². The molecule has 0 heterocycles. The number of carbonyl (C=O) groups excluding carboxylic acids is 1. The lowest BCUT2D eigenvalue weighted by atomic mass is 10.1. The molecule has 3 rings (SSSR count). The highest BCUT2D eigenvalue weighted by atomic mass is 127. The highest BCUT2D eigenvalue weighted by Gasteiger charge is 2.38. The first kappa shape index (κ1) is 22.2. The highest BCUT2D eigenvalue weighted by Crippen LogP contribution is 2.40. The van der Waals surface area contributed by atoms with Gasteiger partial charge in [0, 0.05) is 37.7 Å². The van der Waals surface area contributed by atoms with Gasteiger partial charge in [-0.15, -0.1) is 24.0 Å². The van der Waals surface area contributed by atoms with E-state index in [0.717, 1.165) is 30.9 Å². The van der Waals surface area contributed by atoms with E-state index in [1.807, 2.05) is 24.3 Å². The van der Waals surface area contributed by atoms with Crippen LogP contribution < -0.4 is 16.0 Å². The minimum atomic E-state index is -0.0592. The van der Waals surface area contributed by atoms with Crippen LogP contribution in [0, 0.1) is 0 Å². The van der Waals surface area contributed by atoms with Gasteiger partial charge in [0.05, 0.1) is 0 Å². The number of hydrogen-bond donors (Lipinski definition) is 3. The molecule has 1 aliphatic rings. The van der Waals surface area contributed by atoms with Gasteiger partial charge in [-0.3, -0.25) is 9.79 Å². The molecule has 2 atom stereocenters. The molecule has 2 unspecified atom stereocenters. The largest absolute Gasteiger partial charge is 0.357 e. The number of nitrogens with one attached hydrogen (secondary N) is 3. The molecular formula is C22H29IN4O. The Morgan fingerprint density at radius 2 is 1.93 bits per heavy atom. The average molecular weight is 492 g/mol. The van der Waals surface area contributed by atoms with Crippen LogP contribution in [0.1, 0.15) is 40.7 Å². The van der Waals surface area contributed by atoms with Crippen LogP contribution in [0.4, 0.5) is 0 Å². The first-order valence-electron chi connectivity index (χ1n) is 9.62. The van der Waals surface area contributed by atoms with Crippen molar-refractivity contribution in [3.8, 4) is 0 Å². The summed E-state index contributed by atoms with van der Waals surface area (Å²) in [7, 11) is 1.65. The number of halogens is 1. The monoisotopic (exact) mass is 492 g/mol. The minimum Gasteiger partial charge on any atom is -0.357 e. The van der Waals surface area contributed by atoms with Crippen molar-refractivity contribution in [2.24, 2.45) is 4.99 Å². The summed E-state index contributed by atoms with van der Waals surface area (Å²) in [4.78, 5) is 16.5. The Kier molecular flexibility index (Phi) is 8.76. The third-order valence-electron chi connectivity index (χ3n) is 4.77. The molecule has 0 aliphatic heterocycles. The zero-order valence-electron chi connectivity index (χ0n) is 16.4. The molecule has 1 amide bonds. The van der Waals surface area contributed by atoms with Crippen molar-refractivity contribution in [2.45, 2.75) is 31.7 Å². The Morgan fingerprint density at radius 3 is 2.64 bits per heavy atom. The van der Waals surface area contributed by atoms with Crippen molar-refractivity contribution in [3.63, 3.8) is 0 Å². The van der Waals surface area contributed by atoms with Crippen molar-refractivity contribution >= 4 is 35.8 Å². The van der Waals surface area contributed by atoms with Crippen LogP contribution in [-0.2, 0) is 6.42 Å². The molecule has 0 radical (unpaired) electrons. The number of nitrogens with zero attached hydrogens (tertiary/aromatic N) is 1. The SMILES string of the molecule is CCNC(=NCCc1cccc(C(=O)NC)c1)NC1CC1c1ccccc1.I. The number of hydrogen-bond acceptors (Lipinski definition) is 2. The van der Waals surface area contributed by atoms with Gasteiger partial charge in [0.2, 0.25) is 0 Å². The van der Waals surface area contributed by atoms with E-state index in [1.54, 1.807) is 7.05 Å². The lowest BCUT2D eigenvalue weighted by molar-refractivity contribution is 0.0963. The highest BCUT2D eigenvalue weighted by molar-refractivity contribution is 14.0. The van der Waals surface area contributed by atoms with Crippen LogP contribution in [0.2, 0.25) is 0 Å². The van der Waals surface area contributed by atoms with E-state index in [2.05, 4.69) is 53.2 Å². The number of aliphatic imine (C=N–C) groups is 1. The zero-order chi connectivity index (χ0) is 19.1. The number of guanidine groups is 1. The Morgan fingerprint density at radius 1 is 1.14 bits per heavy atom. The molecule has 5 nitrogen and oxygen atoms in total. The standard InChI is InChI=1S/C22H28N4O.HI/c1-3-24-22(26-20-15-19(20)17-9-5-4-6-10-17)25-13-12-16-8-7-11-18(14-16)21(27)23-2;/h4-11,14,19-20H,3,12-13,15H2,1-2H3,(H,23,27)(H2,24,25,26);1H. The van der Waals surface area contributed by atoms with Gasteiger partial charge in [-0.25, -0.2) is 0 Å². The van der Waals surface area contributed by atoms with E-state index in [0.29, 0.717) is 24.1 Å². The molecule has 0 saturated heterocycles. The fourth-order valence-corrected chi connectivity index (χ4v) is 3.23. The molecule has 1 fully saturated rings. The van der Waals surface area contributed by atoms with Gasteiger partial charge in [0.1, 0.15) is 0 Å². The first-order valence-corrected chi connectivity index (χ1v) is 9.62. The minimum absolute atomic E-state index is 0. The number of rotatable bonds is 7. The summed E-state index contributed by atoms with van der Waals surface area (Å²) < 4.78 is 0. The molecule has 150 valence electrons. The molecule has 0 aromatic heterocycles. The quantitative estimate of drug-likeness (QED) is 0.316. The third-order valence-corrected chi connectivity index (χ3v) is 4.77. The van der Waals surface area contributed by atoms with Crippen LogP contribution in [0.3, 0.4) is 0 Å². The Balaban J connectivity index is 0.00000280. The van der Waals surface area contributed by atoms with E-state index in [9.17, 15) is 4.79 Å². The molecule has 0 bridgehead atoms. The number of carbonyl (C=O) groups is 1. The maximum Gasteiger partial charge on any atom is 0.251 e. The van der Waals surface area contributed by atoms with Crippen molar-refractivity contribution in [1.29, 1.82) is 0 Å². The summed E-state index contributed by atoms with van der Waals surface area (Å²) in [6, 6.07) is 18.8. The predicted octanol–water partition coefficient (Wildman–Crippen LogP) is 3.32. The second kappa shape index (κ2) is 11.0. The predicted molar refractivity (Wildman–Crippen MR) is 126 cm³/mol. The second-order valence-corrected chi connectivity index (χ2v) is 6.79. The molecule has 1 saturated carbocycles. The van der Waals surface area contributed by atoms with Gasteiger partial charge in [-0.2, -0.15) is 0 Å². The van der Waals surface area contributed by atoms with Crippen molar-refractivity contribution in [3.05, 3.63) is 71.3 Å². The second-order valence-electron chi connectivity index (χ2n) is 6.79. The van der Waals surface area contributed by atoms with Crippen LogP contribution in [0.25, 0.3) is 0 Å². The summed E-state index contributed by atoms with van der Waals surface area (Å²) in [6.45, 7) is 3.58. The Bertz CT molecular complexity index is 794. The Hall–Kier alpha value is -2.09. The fraction of sp³-hybridized carbons (Fsp3) is 0.364. The van der Waals surface area contributed by atoms with Crippen LogP contribution in [0.15, 0.2) is 59.6 Å². The van der Waals surface area contributed by atoms with Crippen molar-refractivity contribution in [2.75, 3.05) is 20.1 Å². The summed E-state index contributed by atoms with van der Waals surface area (Å²) >= 11 is 0.